The van der Waals surface area contributed by atoms with E-state index >= 15 is 0 Å². The first kappa shape index (κ1) is 16.4. The Morgan fingerprint density at radius 1 is 0.952 bits per heavy atom. The molecule has 3 nitrogen and oxygen atoms in total. The van der Waals surface area contributed by atoms with Crippen LogP contribution in [0.1, 0.15) is 11.1 Å². The molecule has 0 amide bonds. The first-order chi connectivity index (χ1) is 9.80. The fourth-order valence-corrected chi connectivity index (χ4v) is 2.85. The molecule has 2 rings (SSSR count). The van der Waals surface area contributed by atoms with Crippen molar-refractivity contribution in [3.05, 3.63) is 67.6 Å². The first-order valence-electron chi connectivity index (χ1n) is 5.65. The van der Waals surface area contributed by atoms with Crippen molar-refractivity contribution in [3.8, 4) is 0 Å². The molecule has 0 aromatic heterocycles. The van der Waals surface area contributed by atoms with E-state index in [1.165, 1.54) is 18.2 Å². The summed E-state index contributed by atoms with van der Waals surface area (Å²) in [6.45, 7) is 0. The summed E-state index contributed by atoms with van der Waals surface area (Å²) in [7, 11) is 0. The van der Waals surface area contributed by atoms with Gasteiger partial charge in [0.1, 0.15) is 0 Å². The second-order valence-corrected chi connectivity index (χ2v) is 5.77. The molecule has 1 atom stereocenters. The summed E-state index contributed by atoms with van der Waals surface area (Å²) >= 11 is 23.7. The number of hydrogen-bond donors (Lipinski definition) is 2. The molecule has 0 heterocycles. The topological polar surface area (TPSA) is 57.5 Å². The number of carbonyl (C=O) groups is 1. The fraction of sp³-hybridized carbons (Fsp3) is 0.0714. The molecule has 110 valence electrons. The van der Waals surface area contributed by atoms with Crippen LogP contribution in [-0.4, -0.2) is 16.2 Å². The number of rotatable bonds is 3. The highest BCUT2D eigenvalue weighted by atomic mass is 35.5. The zero-order valence-electron chi connectivity index (χ0n) is 10.3. The lowest BCUT2D eigenvalue weighted by Gasteiger charge is -2.26. The first-order valence-corrected chi connectivity index (χ1v) is 7.16. The maximum Gasteiger partial charge on any atom is 0.345 e. The van der Waals surface area contributed by atoms with Crippen molar-refractivity contribution >= 4 is 52.4 Å². The molecule has 2 aromatic rings. The van der Waals surface area contributed by atoms with Gasteiger partial charge in [-0.3, -0.25) is 0 Å². The van der Waals surface area contributed by atoms with E-state index in [4.69, 9.17) is 46.4 Å². The summed E-state index contributed by atoms with van der Waals surface area (Å²) in [6, 6.07) is 8.99. The number of benzene rings is 2. The zero-order valence-corrected chi connectivity index (χ0v) is 13.3. The van der Waals surface area contributed by atoms with Gasteiger partial charge in [-0.25, -0.2) is 4.79 Å². The number of aliphatic carboxylic acids is 1. The van der Waals surface area contributed by atoms with E-state index < -0.39 is 11.6 Å². The third-order valence-electron chi connectivity index (χ3n) is 2.99. The summed E-state index contributed by atoms with van der Waals surface area (Å²) in [5.74, 6) is -1.51. The highest BCUT2D eigenvalue weighted by Gasteiger charge is 2.42. The number of hydrogen-bond acceptors (Lipinski definition) is 2. The molecule has 2 N–H and O–H groups in total. The Morgan fingerprint density at radius 2 is 1.52 bits per heavy atom. The van der Waals surface area contributed by atoms with Gasteiger partial charge in [-0.05, 0) is 11.6 Å². The molecule has 7 heteroatoms. The molecule has 0 radical (unpaired) electrons. The Labute approximate surface area is 140 Å². The van der Waals surface area contributed by atoms with Gasteiger partial charge >= 0.3 is 5.97 Å². The molecule has 0 aliphatic rings. The van der Waals surface area contributed by atoms with Crippen molar-refractivity contribution in [2.75, 3.05) is 0 Å². The quantitative estimate of drug-likeness (QED) is 0.616. The second-order valence-electron chi connectivity index (χ2n) is 4.23. The van der Waals surface area contributed by atoms with Gasteiger partial charge in [0.25, 0.3) is 0 Å². The lowest BCUT2D eigenvalue weighted by molar-refractivity contribution is -0.155. The zero-order chi connectivity index (χ0) is 15.8. The van der Waals surface area contributed by atoms with Crippen LogP contribution in [0.3, 0.4) is 0 Å². The molecule has 0 aliphatic carbocycles. The van der Waals surface area contributed by atoms with Crippen LogP contribution in [0, 0.1) is 0 Å². The Bertz CT molecular complexity index is 703. The third-order valence-corrected chi connectivity index (χ3v) is 4.74. The van der Waals surface area contributed by atoms with Crippen LogP contribution < -0.4 is 0 Å². The SMILES string of the molecule is O=C(O)C(O)(c1ccccc1)c1cc(Cl)c(Cl)c(Cl)c1Cl. The van der Waals surface area contributed by atoms with Crippen molar-refractivity contribution in [2.45, 2.75) is 5.60 Å². The van der Waals surface area contributed by atoms with Crippen LogP contribution in [0.2, 0.25) is 20.1 Å². The van der Waals surface area contributed by atoms with E-state index in [0.717, 1.165) is 0 Å². The summed E-state index contributed by atoms with van der Waals surface area (Å²) in [5.41, 5.74) is -2.42. The monoisotopic (exact) mass is 364 g/mol. The van der Waals surface area contributed by atoms with E-state index in [0.29, 0.717) is 0 Å². The van der Waals surface area contributed by atoms with Crippen LogP contribution in [0.4, 0.5) is 0 Å². The molecular weight excluding hydrogens is 358 g/mol. The van der Waals surface area contributed by atoms with Gasteiger partial charge in [0.15, 0.2) is 0 Å². The summed E-state index contributed by atoms with van der Waals surface area (Å²) in [5, 5.41) is 19.9. The van der Waals surface area contributed by atoms with Crippen molar-refractivity contribution < 1.29 is 15.0 Å². The van der Waals surface area contributed by atoms with Gasteiger partial charge in [-0.15, -0.1) is 0 Å². The average molecular weight is 366 g/mol. The molecule has 0 aliphatic heterocycles. The van der Waals surface area contributed by atoms with Gasteiger partial charge in [0.2, 0.25) is 5.60 Å². The summed E-state index contributed by atoms with van der Waals surface area (Å²) in [4.78, 5) is 11.7. The number of carboxylic acids is 1. The minimum absolute atomic E-state index is 0.00308. The molecule has 21 heavy (non-hydrogen) atoms. The fourth-order valence-electron chi connectivity index (χ4n) is 1.91. The molecule has 0 saturated carbocycles. The largest absolute Gasteiger partial charge is 0.479 e. The van der Waals surface area contributed by atoms with Crippen LogP contribution >= 0.6 is 46.4 Å². The minimum atomic E-state index is -2.39. The van der Waals surface area contributed by atoms with Crippen molar-refractivity contribution in [1.82, 2.24) is 0 Å². The van der Waals surface area contributed by atoms with E-state index in [-0.39, 0.29) is 31.2 Å². The average Bonchev–Trinajstić information content (AvgIpc) is 2.48. The molecule has 0 bridgehead atoms. The summed E-state index contributed by atoms with van der Waals surface area (Å²) < 4.78 is 0. The van der Waals surface area contributed by atoms with Crippen LogP contribution in [0.15, 0.2) is 36.4 Å². The standard InChI is InChI=1S/C14H8Cl4O3/c15-9-6-8(10(16)12(18)11(9)17)14(21,13(19)20)7-4-2-1-3-5-7/h1-6,21H,(H,19,20). The minimum Gasteiger partial charge on any atom is -0.479 e. The Balaban J connectivity index is 2.80. The van der Waals surface area contributed by atoms with Gasteiger partial charge in [-0.2, -0.15) is 0 Å². The molecular formula is C14H8Cl4O3. The highest BCUT2D eigenvalue weighted by molar-refractivity contribution is 6.52. The third kappa shape index (κ3) is 2.72. The Hall–Kier alpha value is -0.970. The van der Waals surface area contributed by atoms with Gasteiger partial charge < -0.3 is 10.2 Å². The van der Waals surface area contributed by atoms with E-state index in [2.05, 4.69) is 0 Å². The van der Waals surface area contributed by atoms with Crippen LogP contribution in [-0.2, 0) is 10.4 Å². The molecule has 2 aromatic carbocycles. The Morgan fingerprint density at radius 3 is 2.05 bits per heavy atom. The van der Waals surface area contributed by atoms with E-state index in [1.807, 2.05) is 0 Å². The molecule has 0 fully saturated rings. The summed E-state index contributed by atoms with van der Waals surface area (Å²) in [6.07, 6.45) is 0. The van der Waals surface area contributed by atoms with Crippen LogP contribution in [0.25, 0.3) is 0 Å². The maximum atomic E-state index is 11.7. The lowest BCUT2D eigenvalue weighted by atomic mass is 9.86. The van der Waals surface area contributed by atoms with Crippen molar-refractivity contribution in [1.29, 1.82) is 0 Å². The van der Waals surface area contributed by atoms with Gasteiger partial charge in [0, 0.05) is 5.56 Å². The predicted octanol–water partition coefficient (Wildman–Crippen LogP) is 4.62. The van der Waals surface area contributed by atoms with Crippen LogP contribution in [0.5, 0.6) is 0 Å². The van der Waals surface area contributed by atoms with E-state index in [9.17, 15) is 15.0 Å². The smallest absolute Gasteiger partial charge is 0.345 e. The molecule has 1 unspecified atom stereocenters. The lowest BCUT2D eigenvalue weighted by Crippen LogP contribution is -2.37. The second kappa shape index (κ2) is 6.03. The van der Waals surface area contributed by atoms with Gasteiger partial charge in [-0.1, -0.05) is 76.7 Å². The normalized spacial score (nSPS) is 13.8. The highest BCUT2D eigenvalue weighted by Crippen LogP contribution is 2.44. The molecule has 0 saturated heterocycles. The number of halogens is 4. The number of aliphatic hydroxyl groups is 1. The van der Waals surface area contributed by atoms with E-state index in [1.54, 1.807) is 18.2 Å². The van der Waals surface area contributed by atoms with Gasteiger partial charge in [0.05, 0.1) is 20.1 Å². The Kier molecular flexibility index (Phi) is 4.71. The molecule has 0 spiro atoms. The van der Waals surface area contributed by atoms with Crippen molar-refractivity contribution in [3.63, 3.8) is 0 Å². The maximum absolute atomic E-state index is 11.7. The van der Waals surface area contributed by atoms with Crippen molar-refractivity contribution in [2.24, 2.45) is 0 Å². The predicted molar refractivity (Wildman–Crippen MR) is 83.6 cm³/mol. The number of carboxylic acid groups (broad SMARTS) is 1.